The molecule has 0 radical (unpaired) electrons. The lowest BCUT2D eigenvalue weighted by Gasteiger charge is -2.26. The summed E-state index contributed by atoms with van der Waals surface area (Å²) in [4.78, 5) is 0. The molecule has 0 unspecified atom stereocenters. The van der Waals surface area contributed by atoms with Crippen LogP contribution in [0.4, 0.5) is 0 Å². The normalized spacial score (nSPS) is 21.3. The Labute approximate surface area is 89.7 Å². The van der Waals surface area contributed by atoms with Gasteiger partial charge in [0.25, 0.3) is 0 Å². The van der Waals surface area contributed by atoms with Crippen LogP contribution >= 0.6 is 11.6 Å². The second-order valence-corrected chi connectivity index (χ2v) is 6.30. The fraction of sp³-hybridized carbons (Fsp3) is 1.00. The fourth-order valence-corrected chi connectivity index (χ4v) is 2.65. The van der Waals surface area contributed by atoms with Crippen molar-refractivity contribution in [3.63, 3.8) is 0 Å². The summed E-state index contributed by atoms with van der Waals surface area (Å²) in [5.41, 5.74) is -0.251. The number of halogens is 1. The summed E-state index contributed by atoms with van der Waals surface area (Å²) in [5, 5.41) is 8.80. The third-order valence-corrected chi connectivity index (χ3v) is 4.54. The summed E-state index contributed by atoms with van der Waals surface area (Å²) in [6.45, 7) is 0.344. The first kappa shape index (κ1) is 12.2. The van der Waals surface area contributed by atoms with Crippen molar-refractivity contribution >= 4 is 21.6 Å². The van der Waals surface area contributed by atoms with Crippen LogP contribution in [-0.2, 0) is 10.0 Å². The van der Waals surface area contributed by atoms with Crippen molar-refractivity contribution < 1.29 is 13.5 Å². The summed E-state index contributed by atoms with van der Waals surface area (Å²) in [6.07, 6.45) is 3.88. The van der Waals surface area contributed by atoms with Gasteiger partial charge in [-0.3, -0.25) is 0 Å². The SMILES string of the molecule is O=S(=O)(CCl)NCC1(CO)CCCC1. The highest BCUT2D eigenvalue weighted by Crippen LogP contribution is 2.36. The Bertz CT molecular complexity index is 272. The first-order chi connectivity index (χ1) is 6.54. The van der Waals surface area contributed by atoms with Gasteiger partial charge in [-0.05, 0) is 12.8 Å². The average Bonchev–Trinajstić information content (AvgIpc) is 2.65. The molecule has 1 aliphatic rings. The molecule has 0 amide bonds. The number of aliphatic hydroxyl groups excluding tert-OH is 1. The van der Waals surface area contributed by atoms with Gasteiger partial charge in [0.15, 0.2) is 0 Å². The maximum atomic E-state index is 11.1. The van der Waals surface area contributed by atoms with Crippen LogP contribution in [0.15, 0.2) is 0 Å². The minimum absolute atomic E-state index is 0.0395. The van der Waals surface area contributed by atoms with Crippen LogP contribution in [0.2, 0.25) is 0 Å². The Morgan fingerprint density at radius 1 is 1.36 bits per heavy atom. The topological polar surface area (TPSA) is 66.4 Å². The first-order valence-corrected chi connectivity index (χ1v) is 6.86. The molecule has 14 heavy (non-hydrogen) atoms. The molecule has 2 N–H and O–H groups in total. The second-order valence-electron chi connectivity index (χ2n) is 3.91. The van der Waals surface area contributed by atoms with Crippen LogP contribution in [0, 0.1) is 5.41 Å². The summed E-state index contributed by atoms with van der Waals surface area (Å²) >= 11 is 5.25. The molecular formula is C8H16ClNO3S. The van der Waals surface area contributed by atoms with E-state index in [9.17, 15) is 13.5 Å². The highest BCUT2D eigenvalue weighted by atomic mass is 35.5. The van der Waals surface area contributed by atoms with Crippen molar-refractivity contribution in [3.05, 3.63) is 0 Å². The van der Waals surface area contributed by atoms with Gasteiger partial charge in [0, 0.05) is 18.6 Å². The van der Waals surface area contributed by atoms with Crippen LogP contribution in [0.1, 0.15) is 25.7 Å². The predicted octanol–water partition coefficient (Wildman–Crippen LogP) is 0.655. The molecule has 1 fully saturated rings. The highest BCUT2D eigenvalue weighted by molar-refractivity contribution is 7.90. The van der Waals surface area contributed by atoms with Gasteiger partial charge in [-0.15, -0.1) is 11.6 Å². The van der Waals surface area contributed by atoms with Gasteiger partial charge in [0.1, 0.15) is 5.21 Å². The second kappa shape index (κ2) is 4.79. The molecule has 4 nitrogen and oxygen atoms in total. The Morgan fingerprint density at radius 2 is 1.93 bits per heavy atom. The van der Waals surface area contributed by atoms with Gasteiger partial charge in [-0.1, -0.05) is 12.8 Å². The minimum Gasteiger partial charge on any atom is -0.396 e. The Kier molecular flexibility index (Phi) is 4.18. The van der Waals surface area contributed by atoms with E-state index >= 15 is 0 Å². The Morgan fingerprint density at radius 3 is 2.36 bits per heavy atom. The molecule has 0 aromatic carbocycles. The number of aliphatic hydroxyl groups is 1. The van der Waals surface area contributed by atoms with E-state index in [2.05, 4.69) is 4.72 Å². The van der Waals surface area contributed by atoms with E-state index in [1.807, 2.05) is 0 Å². The number of alkyl halides is 1. The van der Waals surface area contributed by atoms with Crippen molar-refractivity contribution in [2.45, 2.75) is 25.7 Å². The Balaban J connectivity index is 2.50. The predicted molar refractivity (Wildman–Crippen MR) is 55.6 cm³/mol. The van der Waals surface area contributed by atoms with Crippen LogP contribution in [0.3, 0.4) is 0 Å². The lowest BCUT2D eigenvalue weighted by Crippen LogP contribution is -2.38. The van der Waals surface area contributed by atoms with Crippen LogP contribution < -0.4 is 4.72 Å². The molecule has 0 aliphatic heterocycles. The maximum absolute atomic E-state index is 11.1. The Hall–Kier alpha value is 0.160. The van der Waals surface area contributed by atoms with Gasteiger partial charge >= 0.3 is 0 Å². The lowest BCUT2D eigenvalue weighted by atomic mass is 9.88. The molecule has 6 heteroatoms. The molecule has 0 atom stereocenters. The van der Waals surface area contributed by atoms with Gasteiger partial charge in [0.05, 0.1) is 0 Å². The standard InChI is InChI=1S/C8H16ClNO3S/c9-7-14(12,13)10-5-8(6-11)3-1-2-4-8/h10-11H,1-7H2. The monoisotopic (exact) mass is 241 g/mol. The van der Waals surface area contributed by atoms with E-state index in [1.165, 1.54) is 0 Å². The van der Waals surface area contributed by atoms with E-state index in [4.69, 9.17) is 11.6 Å². The van der Waals surface area contributed by atoms with E-state index in [-0.39, 0.29) is 12.0 Å². The fourth-order valence-electron chi connectivity index (χ4n) is 1.82. The molecule has 1 saturated carbocycles. The summed E-state index contributed by atoms with van der Waals surface area (Å²) in [5.74, 6) is 0. The number of sulfonamides is 1. The molecule has 0 saturated heterocycles. The molecule has 0 bridgehead atoms. The van der Waals surface area contributed by atoms with Gasteiger partial charge in [0.2, 0.25) is 10.0 Å². The summed E-state index contributed by atoms with van der Waals surface area (Å²) < 4.78 is 24.6. The first-order valence-electron chi connectivity index (χ1n) is 4.68. The molecule has 1 aliphatic carbocycles. The number of rotatable bonds is 5. The van der Waals surface area contributed by atoms with Crippen molar-refractivity contribution in [3.8, 4) is 0 Å². The molecule has 84 valence electrons. The van der Waals surface area contributed by atoms with E-state index < -0.39 is 15.2 Å². The molecule has 0 spiro atoms. The zero-order valence-electron chi connectivity index (χ0n) is 8.00. The smallest absolute Gasteiger partial charge is 0.225 e. The van der Waals surface area contributed by atoms with Gasteiger partial charge in [-0.2, -0.15) is 0 Å². The van der Waals surface area contributed by atoms with E-state index in [0.29, 0.717) is 6.54 Å². The molecule has 0 heterocycles. The molecular weight excluding hydrogens is 226 g/mol. The van der Waals surface area contributed by atoms with Crippen LogP contribution in [-0.4, -0.2) is 31.9 Å². The van der Waals surface area contributed by atoms with Crippen molar-refractivity contribution in [1.29, 1.82) is 0 Å². The summed E-state index contributed by atoms with van der Waals surface area (Å²) in [6, 6.07) is 0. The van der Waals surface area contributed by atoms with Crippen LogP contribution in [0.25, 0.3) is 0 Å². The van der Waals surface area contributed by atoms with Gasteiger partial charge in [-0.25, -0.2) is 13.1 Å². The number of hydrogen-bond acceptors (Lipinski definition) is 3. The van der Waals surface area contributed by atoms with Gasteiger partial charge < -0.3 is 5.11 Å². The quantitative estimate of drug-likeness (QED) is 0.695. The van der Waals surface area contributed by atoms with E-state index in [1.54, 1.807) is 0 Å². The lowest BCUT2D eigenvalue weighted by molar-refractivity contribution is 0.134. The van der Waals surface area contributed by atoms with Crippen molar-refractivity contribution in [2.24, 2.45) is 5.41 Å². The molecule has 0 aromatic heterocycles. The largest absolute Gasteiger partial charge is 0.396 e. The molecule has 0 aromatic rings. The van der Waals surface area contributed by atoms with E-state index in [0.717, 1.165) is 25.7 Å². The van der Waals surface area contributed by atoms with Crippen molar-refractivity contribution in [1.82, 2.24) is 4.72 Å². The average molecular weight is 242 g/mol. The maximum Gasteiger partial charge on any atom is 0.225 e. The number of hydrogen-bond donors (Lipinski definition) is 2. The third-order valence-electron chi connectivity index (χ3n) is 2.81. The number of nitrogens with one attached hydrogen (secondary N) is 1. The summed E-state index contributed by atoms with van der Waals surface area (Å²) in [7, 11) is -3.35. The minimum atomic E-state index is -3.35. The highest BCUT2D eigenvalue weighted by Gasteiger charge is 2.33. The third kappa shape index (κ3) is 3.08. The van der Waals surface area contributed by atoms with Crippen molar-refractivity contribution in [2.75, 3.05) is 18.4 Å². The van der Waals surface area contributed by atoms with Crippen LogP contribution in [0.5, 0.6) is 0 Å². The molecule has 1 rings (SSSR count). The zero-order chi connectivity index (χ0) is 10.7. The zero-order valence-corrected chi connectivity index (χ0v) is 9.57.